The predicted octanol–water partition coefficient (Wildman–Crippen LogP) is 2.77. The molecule has 0 atom stereocenters. The van der Waals surface area contributed by atoms with Crippen molar-refractivity contribution in [2.75, 3.05) is 5.32 Å². The first kappa shape index (κ1) is 11.4. The minimum absolute atomic E-state index is 0.297. The first-order valence-electron chi connectivity index (χ1n) is 5.03. The second kappa shape index (κ2) is 5.28. The lowest BCUT2D eigenvalue weighted by Gasteiger charge is -2.01. The SMILES string of the molecule is CC#CC(=O)Nc1ccc(-c2nccs2)cc1. The molecular formula is C13H10N2OS. The van der Waals surface area contributed by atoms with E-state index in [0.29, 0.717) is 0 Å². The van der Waals surface area contributed by atoms with Gasteiger partial charge in [-0.05, 0) is 37.1 Å². The number of carbonyl (C=O) groups is 1. The number of hydrogen-bond donors (Lipinski definition) is 1. The highest BCUT2D eigenvalue weighted by Gasteiger charge is 2.01. The van der Waals surface area contributed by atoms with Gasteiger partial charge in [-0.25, -0.2) is 4.98 Å². The summed E-state index contributed by atoms with van der Waals surface area (Å²) in [6.45, 7) is 1.63. The Morgan fingerprint density at radius 3 is 2.71 bits per heavy atom. The van der Waals surface area contributed by atoms with E-state index in [4.69, 9.17) is 0 Å². The van der Waals surface area contributed by atoms with E-state index >= 15 is 0 Å². The molecule has 1 amide bonds. The maximum absolute atomic E-state index is 11.2. The molecular weight excluding hydrogens is 232 g/mol. The van der Waals surface area contributed by atoms with Gasteiger partial charge in [0, 0.05) is 22.8 Å². The van der Waals surface area contributed by atoms with Crippen LogP contribution < -0.4 is 5.32 Å². The van der Waals surface area contributed by atoms with Gasteiger partial charge in [0.2, 0.25) is 0 Å². The van der Waals surface area contributed by atoms with E-state index in [-0.39, 0.29) is 5.91 Å². The molecule has 0 saturated heterocycles. The van der Waals surface area contributed by atoms with Crippen molar-refractivity contribution in [3.63, 3.8) is 0 Å². The average Bonchev–Trinajstić information content (AvgIpc) is 2.84. The van der Waals surface area contributed by atoms with Crippen LogP contribution >= 0.6 is 11.3 Å². The molecule has 1 N–H and O–H groups in total. The van der Waals surface area contributed by atoms with Crippen molar-refractivity contribution >= 4 is 22.9 Å². The van der Waals surface area contributed by atoms with Gasteiger partial charge in [0.1, 0.15) is 5.01 Å². The molecule has 0 bridgehead atoms. The quantitative estimate of drug-likeness (QED) is 0.823. The van der Waals surface area contributed by atoms with Gasteiger partial charge in [-0.2, -0.15) is 0 Å². The van der Waals surface area contributed by atoms with Crippen molar-refractivity contribution in [3.8, 4) is 22.4 Å². The van der Waals surface area contributed by atoms with E-state index < -0.39 is 0 Å². The van der Waals surface area contributed by atoms with Crippen molar-refractivity contribution < 1.29 is 4.79 Å². The molecule has 0 saturated carbocycles. The Morgan fingerprint density at radius 2 is 2.12 bits per heavy atom. The highest BCUT2D eigenvalue weighted by Crippen LogP contribution is 2.23. The molecule has 1 aromatic heterocycles. The van der Waals surface area contributed by atoms with E-state index in [2.05, 4.69) is 22.1 Å². The van der Waals surface area contributed by atoms with Crippen LogP contribution in [-0.4, -0.2) is 10.9 Å². The van der Waals surface area contributed by atoms with Gasteiger partial charge in [0.15, 0.2) is 0 Å². The zero-order valence-corrected chi connectivity index (χ0v) is 10.0. The number of rotatable bonds is 2. The smallest absolute Gasteiger partial charge is 0.300 e. The summed E-state index contributed by atoms with van der Waals surface area (Å²) in [7, 11) is 0. The third-order valence-electron chi connectivity index (χ3n) is 2.06. The Morgan fingerprint density at radius 1 is 1.35 bits per heavy atom. The summed E-state index contributed by atoms with van der Waals surface area (Å²) in [5.41, 5.74) is 1.78. The van der Waals surface area contributed by atoms with Gasteiger partial charge >= 0.3 is 0 Å². The molecule has 0 fully saturated rings. The van der Waals surface area contributed by atoms with Gasteiger partial charge < -0.3 is 5.32 Å². The number of anilines is 1. The minimum Gasteiger partial charge on any atom is -0.315 e. The van der Waals surface area contributed by atoms with Crippen LogP contribution in [0.1, 0.15) is 6.92 Å². The van der Waals surface area contributed by atoms with Crippen molar-refractivity contribution in [1.29, 1.82) is 0 Å². The first-order valence-corrected chi connectivity index (χ1v) is 5.91. The van der Waals surface area contributed by atoms with Gasteiger partial charge in [0.25, 0.3) is 5.91 Å². The molecule has 2 rings (SSSR count). The summed E-state index contributed by atoms with van der Waals surface area (Å²) in [6, 6.07) is 7.53. The standard InChI is InChI=1S/C13H10N2OS/c1-2-3-12(16)15-11-6-4-10(5-7-11)13-14-8-9-17-13/h4-9H,1H3,(H,15,16). The summed E-state index contributed by atoms with van der Waals surface area (Å²) in [5, 5.41) is 5.59. The number of benzene rings is 1. The molecule has 1 heterocycles. The van der Waals surface area contributed by atoms with Crippen molar-refractivity contribution in [1.82, 2.24) is 4.98 Å². The molecule has 0 aliphatic carbocycles. The largest absolute Gasteiger partial charge is 0.315 e. The van der Waals surface area contributed by atoms with Crippen LogP contribution in [0.4, 0.5) is 5.69 Å². The minimum atomic E-state index is -0.297. The number of hydrogen-bond acceptors (Lipinski definition) is 3. The van der Waals surface area contributed by atoms with Crippen molar-refractivity contribution in [2.24, 2.45) is 0 Å². The highest BCUT2D eigenvalue weighted by atomic mass is 32.1. The van der Waals surface area contributed by atoms with Gasteiger partial charge in [-0.15, -0.1) is 11.3 Å². The normalized spacial score (nSPS) is 9.24. The van der Waals surface area contributed by atoms with E-state index in [1.165, 1.54) is 0 Å². The van der Waals surface area contributed by atoms with Crippen LogP contribution in [0.3, 0.4) is 0 Å². The predicted molar refractivity (Wildman–Crippen MR) is 69.6 cm³/mol. The third-order valence-corrected chi connectivity index (χ3v) is 2.88. The fraction of sp³-hybridized carbons (Fsp3) is 0.0769. The van der Waals surface area contributed by atoms with E-state index in [9.17, 15) is 4.79 Å². The maximum Gasteiger partial charge on any atom is 0.300 e. The summed E-state index contributed by atoms with van der Waals surface area (Å²) < 4.78 is 0. The number of amides is 1. The second-order valence-corrected chi connectivity index (χ2v) is 4.14. The van der Waals surface area contributed by atoms with Gasteiger partial charge in [-0.3, -0.25) is 4.79 Å². The number of nitrogens with one attached hydrogen (secondary N) is 1. The number of thiazole rings is 1. The maximum atomic E-state index is 11.2. The number of nitrogens with zero attached hydrogens (tertiary/aromatic N) is 1. The summed E-state index contributed by atoms with van der Waals surface area (Å²) >= 11 is 1.58. The monoisotopic (exact) mass is 242 g/mol. The van der Waals surface area contributed by atoms with Crippen LogP contribution in [0.15, 0.2) is 35.8 Å². The van der Waals surface area contributed by atoms with Crippen LogP contribution in [0.2, 0.25) is 0 Å². The fourth-order valence-corrected chi connectivity index (χ4v) is 1.98. The summed E-state index contributed by atoms with van der Waals surface area (Å²) in [6.07, 6.45) is 1.77. The highest BCUT2D eigenvalue weighted by molar-refractivity contribution is 7.13. The molecule has 1 aromatic carbocycles. The zero-order chi connectivity index (χ0) is 12.1. The lowest BCUT2D eigenvalue weighted by Crippen LogP contribution is -2.07. The molecule has 17 heavy (non-hydrogen) atoms. The fourth-order valence-electron chi connectivity index (χ4n) is 1.34. The molecule has 84 valence electrons. The number of carbonyl (C=O) groups excluding carboxylic acids is 1. The molecule has 2 aromatic rings. The first-order chi connectivity index (χ1) is 8.29. The molecule has 0 aliphatic heterocycles. The zero-order valence-electron chi connectivity index (χ0n) is 9.23. The van der Waals surface area contributed by atoms with Gasteiger partial charge in [0.05, 0.1) is 0 Å². The molecule has 0 unspecified atom stereocenters. The summed E-state index contributed by atoms with van der Waals surface area (Å²) in [5.74, 6) is 4.68. The van der Waals surface area contributed by atoms with E-state index in [1.54, 1.807) is 24.5 Å². The lowest BCUT2D eigenvalue weighted by atomic mass is 10.2. The molecule has 0 aliphatic rings. The van der Waals surface area contributed by atoms with Gasteiger partial charge in [-0.1, -0.05) is 5.92 Å². The van der Waals surface area contributed by atoms with Crippen LogP contribution in [0.5, 0.6) is 0 Å². The van der Waals surface area contributed by atoms with Crippen LogP contribution in [0.25, 0.3) is 10.6 Å². The van der Waals surface area contributed by atoms with Crippen LogP contribution in [0, 0.1) is 11.8 Å². The Balaban J connectivity index is 2.13. The van der Waals surface area contributed by atoms with E-state index in [1.807, 2.05) is 29.6 Å². The van der Waals surface area contributed by atoms with Crippen molar-refractivity contribution in [2.45, 2.75) is 6.92 Å². The lowest BCUT2D eigenvalue weighted by molar-refractivity contribution is -0.111. The Bertz CT molecular complexity index is 562. The Labute approximate surface area is 104 Å². The summed E-state index contributed by atoms with van der Waals surface area (Å²) in [4.78, 5) is 15.4. The Kier molecular flexibility index (Phi) is 3.53. The van der Waals surface area contributed by atoms with E-state index in [0.717, 1.165) is 16.3 Å². The molecule has 4 heteroatoms. The molecule has 3 nitrogen and oxygen atoms in total. The number of aromatic nitrogens is 1. The average molecular weight is 242 g/mol. The molecule has 0 spiro atoms. The topological polar surface area (TPSA) is 42.0 Å². The van der Waals surface area contributed by atoms with Crippen LogP contribution in [-0.2, 0) is 4.79 Å². The Hall–Kier alpha value is -2.12. The van der Waals surface area contributed by atoms with Crippen molar-refractivity contribution in [3.05, 3.63) is 35.8 Å². The molecule has 0 radical (unpaired) electrons. The second-order valence-electron chi connectivity index (χ2n) is 3.24. The third kappa shape index (κ3) is 2.92.